The van der Waals surface area contributed by atoms with Gasteiger partial charge in [0, 0.05) is 25.4 Å². The largest absolute Gasteiger partial charge is 0.434 e. The van der Waals surface area contributed by atoms with Gasteiger partial charge in [-0.2, -0.15) is 13.9 Å². The summed E-state index contributed by atoms with van der Waals surface area (Å²) in [6.07, 6.45) is 1.72. The molecule has 0 bridgehead atoms. The highest BCUT2D eigenvalue weighted by atomic mass is 127. The Bertz CT molecular complexity index is 721. The molecule has 26 heavy (non-hydrogen) atoms. The number of halogens is 3. The number of nitrogens with one attached hydrogen (secondary N) is 2. The Hall–Kier alpha value is -1.91. The van der Waals surface area contributed by atoms with Gasteiger partial charge in [0.25, 0.3) is 0 Å². The number of alkyl halides is 2. The van der Waals surface area contributed by atoms with E-state index in [2.05, 4.69) is 25.5 Å². The predicted molar refractivity (Wildman–Crippen MR) is 108 cm³/mol. The molecule has 0 unspecified atom stereocenters. The molecule has 2 N–H and O–H groups in total. The molecule has 0 radical (unpaired) electrons. The van der Waals surface area contributed by atoms with Crippen molar-refractivity contribution in [3.8, 4) is 5.75 Å². The van der Waals surface area contributed by atoms with Crippen molar-refractivity contribution in [2.45, 2.75) is 33.5 Å². The lowest BCUT2D eigenvalue weighted by Crippen LogP contribution is -2.37. The summed E-state index contributed by atoms with van der Waals surface area (Å²) < 4.78 is 31.4. The molecule has 0 aliphatic carbocycles. The number of aliphatic imine (C=N–C) groups is 1. The molecule has 1 aromatic heterocycles. The van der Waals surface area contributed by atoms with Gasteiger partial charge in [0.15, 0.2) is 5.96 Å². The number of aromatic nitrogens is 2. The molecule has 0 fully saturated rings. The lowest BCUT2D eigenvalue weighted by atomic mass is 10.1. The maximum Gasteiger partial charge on any atom is 0.387 e. The van der Waals surface area contributed by atoms with Crippen LogP contribution in [0.3, 0.4) is 0 Å². The fraction of sp³-hybridized carbons (Fsp3) is 0.412. The first-order chi connectivity index (χ1) is 12.0. The van der Waals surface area contributed by atoms with Gasteiger partial charge in [0.05, 0.1) is 18.8 Å². The molecular weight excluding hydrogens is 455 g/mol. The number of rotatable bonds is 7. The number of hydrogen-bond acceptors (Lipinski definition) is 3. The third kappa shape index (κ3) is 6.77. The average Bonchev–Trinajstić information content (AvgIpc) is 2.97. The Morgan fingerprint density at radius 1 is 1.31 bits per heavy atom. The number of ether oxygens (including phenoxy) is 1. The van der Waals surface area contributed by atoms with Crippen LogP contribution in [-0.2, 0) is 20.1 Å². The van der Waals surface area contributed by atoms with E-state index in [1.807, 2.05) is 27.0 Å². The van der Waals surface area contributed by atoms with E-state index in [4.69, 9.17) is 0 Å². The highest BCUT2D eigenvalue weighted by Gasteiger charge is 2.10. The molecular formula is C17H24F2IN5O. The molecule has 9 heteroatoms. The Kier molecular flexibility index (Phi) is 9.31. The van der Waals surface area contributed by atoms with E-state index in [0.29, 0.717) is 24.6 Å². The first-order valence-corrected chi connectivity index (χ1v) is 8.03. The molecule has 2 rings (SSSR count). The summed E-state index contributed by atoms with van der Waals surface area (Å²) in [6.45, 7) is 2.46. The number of hydrogen-bond donors (Lipinski definition) is 2. The van der Waals surface area contributed by atoms with Crippen LogP contribution in [0.1, 0.15) is 23.7 Å². The second kappa shape index (κ2) is 10.9. The van der Waals surface area contributed by atoms with E-state index < -0.39 is 6.61 Å². The molecule has 6 nitrogen and oxygen atoms in total. The van der Waals surface area contributed by atoms with Gasteiger partial charge >= 0.3 is 6.61 Å². The summed E-state index contributed by atoms with van der Waals surface area (Å²) in [7, 11) is 1.86. The van der Waals surface area contributed by atoms with Crippen LogP contribution < -0.4 is 15.4 Å². The zero-order valence-corrected chi connectivity index (χ0v) is 17.3. The summed E-state index contributed by atoms with van der Waals surface area (Å²) in [5, 5.41) is 10.4. The summed E-state index contributed by atoms with van der Waals surface area (Å²) in [5.74, 6) is 0.736. The summed E-state index contributed by atoms with van der Waals surface area (Å²) in [5.41, 5.74) is 2.57. The normalized spacial score (nSPS) is 11.2. The van der Waals surface area contributed by atoms with Gasteiger partial charge in [0.1, 0.15) is 5.75 Å². The van der Waals surface area contributed by atoms with Crippen LogP contribution in [0.5, 0.6) is 5.75 Å². The predicted octanol–water partition coefficient (Wildman–Crippen LogP) is 3.20. The van der Waals surface area contributed by atoms with Crippen molar-refractivity contribution in [1.29, 1.82) is 0 Å². The van der Waals surface area contributed by atoms with Crippen molar-refractivity contribution >= 4 is 29.9 Å². The molecule has 1 aromatic carbocycles. The van der Waals surface area contributed by atoms with Crippen LogP contribution in [0, 0.1) is 6.92 Å². The van der Waals surface area contributed by atoms with Crippen molar-refractivity contribution in [2.24, 2.45) is 12.0 Å². The van der Waals surface area contributed by atoms with Crippen molar-refractivity contribution < 1.29 is 13.5 Å². The maximum absolute atomic E-state index is 12.5. The molecule has 1 heterocycles. The zero-order chi connectivity index (χ0) is 18.2. The number of nitrogens with zero attached hydrogens (tertiary/aromatic N) is 3. The van der Waals surface area contributed by atoms with Crippen molar-refractivity contribution in [1.82, 2.24) is 20.4 Å². The molecule has 0 aliphatic heterocycles. The second-order valence-electron chi connectivity index (χ2n) is 5.48. The van der Waals surface area contributed by atoms with Gasteiger partial charge in [0.2, 0.25) is 0 Å². The number of aryl methyl sites for hydroxylation is 2. The Balaban J connectivity index is 0.00000338. The molecule has 0 saturated carbocycles. The molecule has 2 aromatic rings. The van der Waals surface area contributed by atoms with Crippen LogP contribution in [-0.4, -0.2) is 28.9 Å². The third-order valence-electron chi connectivity index (χ3n) is 3.54. The minimum absolute atomic E-state index is 0. The Morgan fingerprint density at radius 3 is 2.69 bits per heavy atom. The quantitative estimate of drug-likeness (QED) is 0.364. The lowest BCUT2D eigenvalue weighted by Gasteiger charge is -2.13. The van der Waals surface area contributed by atoms with Gasteiger partial charge in [-0.1, -0.05) is 17.7 Å². The topological polar surface area (TPSA) is 63.5 Å². The maximum atomic E-state index is 12.5. The van der Waals surface area contributed by atoms with E-state index >= 15 is 0 Å². The summed E-state index contributed by atoms with van der Waals surface area (Å²) in [6, 6.07) is 6.98. The number of guanidine groups is 1. The highest BCUT2D eigenvalue weighted by molar-refractivity contribution is 14.0. The van der Waals surface area contributed by atoms with Gasteiger partial charge in [-0.25, -0.2) is 4.99 Å². The minimum Gasteiger partial charge on any atom is -0.434 e. The van der Waals surface area contributed by atoms with Gasteiger partial charge in [-0.05, 0) is 26.0 Å². The highest BCUT2D eigenvalue weighted by Crippen LogP contribution is 2.22. The van der Waals surface area contributed by atoms with Crippen LogP contribution in [0.2, 0.25) is 0 Å². The van der Waals surface area contributed by atoms with E-state index in [0.717, 1.165) is 11.3 Å². The standard InChI is InChI=1S/C17H23F2N5O.HI/c1-4-20-17(22-11-14-7-8-23-24(14)3)21-10-13-9-12(2)5-6-15(13)25-16(18)19;/h5-9,16H,4,10-11H2,1-3H3,(H2,20,21,22);1H. The minimum atomic E-state index is -2.86. The fourth-order valence-corrected chi connectivity index (χ4v) is 2.30. The SMILES string of the molecule is CCNC(=NCc1cc(C)ccc1OC(F)F)NCc1ccnn1C.I. The smallest absolute Gasteiger partial charge is 0.387 e. The molecule has 0 aliphatic rings. The van der Waals surface area contributed by atoms with Crippen LogP contribution in [0.25, 0.3) is 0 Å². The second-order valence-corrected chi connectivity index (χ2v) is 5.48. The van der Waals surface area contributed by atoms with E-state index in [9.17, 15) is 8.78 Å². The monoisotopic (exact) mass is 479 g/mol. The molecule has 0 atom stereocenters. The van der Waals surface area contributed by atoms with Gasteiger partial charge in [-0.3, -0.25) is 4.68 Å². The van der Waals surface area contributed by atoms with Gasteiger partial charge in [-0.15, -0.1) is 24.0 Å². The van der Waals surface area contributed by atoms with Gasteiger partial charge < -0.3 is 15.4 Å². The average molecular weight is 479 g/mol. The molecule has 0 amide bonds. The zero-order valence-electron chi connectivity index (χ0n) is 15.0. The van der Waals surface area contributed by atoms with Crippen LogP contribution in [0.4, 0.5) is 8.78 Å². The van der Waals surface area contributed by atoms with Crippen molar-refractivity contribution in [2.75, 3.05) is 6.54 Å². The first kappa shape index (κ1) is 22.1. The summed E-state index contributed by atoms with van der Waals surface area (Å²) >= 11 is 0. The lowest BCUT2D eigenvalue weighted by molar-refractivity contribution is -0.0504. The van der Waals surface area contributed by atoms with E-state index in [1.54, 1.807) is 29.1 Å². The van der Waals surface area contributed by atoms with Crippen molar-refractivity contribution in [3.63, 3.8) is 0 Å². The first-order valence-electron chi connectivity index (χ1n) is 8.03. The van der Waals surface area contributed by atoms with E-state index in [1.165, 1.54) is 0 Å². The van der Waals surface area contributed by atoms with Crippen LogP contribution >= 0.6 is 24.0 Å². The third-order valence-corrected chi connectivity index (χ3v) is 3.54. The molecule has 0 saturated heterocycles. The van der Waals surface area contributed by atoms with Crippen molar-refractivity contribution in [3.05, 3.63) is 47.3 Å². The van der Waals surface area contributed by atoms with E-state index in [-0.39, 0.29) is 36.3 Å². The Morgan fingerprint density at radius 2 is 2.08 bits per heavy atom. The molecule has 0 spiro atoms. The summed E-state index contributed by atoms with van der Waals surface area (Å²) in [4.78, 5) is 4.46. The van der Waals surface area contributed by atoms with Crippen LogP contribution in [0.15, 0.2) is 35.5 Å². The number of benzene rings is 1. The Labute approximate surface area is 169 Å². The molecule has 144 valence electrons. The fourth-order valence-electron chi connectivity index (χ4n) is 2.30.